The number of nitrogens with one attached hydrogen (secondary N) is 1. The highest BCUT2D eigenvalue weighted by molar-refractivity contribution is 5.74. The van der Waals surface area contributed by atoms with Crippen LogP contribution in [0.25, 0.3) is 11.1 Å². The molecule has 0 bridgehead atoms. The second kappa shape index (κ2) is 8.56. The molecule has 0 saturated carbocycles. The van der Waals surface area contributed by atoms with Crippen LogP contribution in [0.1, 0.15) is 40.3 Å². The number of aryl methyl sites for hydroxylation is 2. The van der Waals surface area contributed by atoms with Crippen LogP contribution in [0.4, 0.5) is 30.7 Å². The zero-order valence-electron chi connectivity index (χ0n) is 16.1. The molecule has 0 aliphatic rings. The third kappa shape index (κ3) is 5.33. The van der Waals surface area contributed by atoms with Crippen molar-refractivity contribution in [1.29, 1.82) is 0 Å². The molecule has 2 aromatic carbocycles. The lowest BCUT2D eigenvalue weighted by atomic mass is 9.89. The molecule has 0 aliphatic carbocycles. The number of carboxylic acid groups (broad SMARTS) is 1. The van der Waals surface area contributed by atoms with Gasteiger partial charge in [0.25, 0.3) is 0 Å². The van der Waals surface area contributed by atoms with E-state index in [4.69, 9.17) is 5.11 Å². The van der Waals surface area contributed by atoms with Gasteiger partial charge in [0.1, 0.15) is 5.82 Å². The minimum Gasteiger partial charge on any atom is -0.481 e. The minimum absolute atomic E-state index is 0.0000666. The highest BCUT2D eigenvalue weighted by atomic mass is 19.4. The first-order chi connectivity index (χ1) is 14.2. The maximum absolute atomic E-state index is 14.7. The highest BCUT2D eigenvalue weighted by Crippen LogP contribution is 2.41. The SMILES string of the molecule is Cc1cc(C(F)(F)F)cc(C)c1-c1cc(C(CC(=O)O)NC=O)c(F)c(C(F)(F)F)c1. The van der Waals surface area contributed by atoms with Gasteiger partial charge in [0.2, 0.25) is 6.41 Å². The lowest BCUT2D eigenvalue weighted by molar-refractivity contribution is -0.140. The second-order valence-corrected chi connectivity index (χ2v) is 6.84. The maximum Gasteiger partial charge on any atom is 0.419 e. The second-order valence-electron chi connectivity index (χ2n) is 6.84. The summed E-state index contributed by atoms with van der Waals surface area (Å²) < 4.78 is 94.2. The molecule has 0 radical (unpaired) electrons. The van der Waals surface area contributed by atoms with Gasteiger partial charge in [0.05, 0.1) is 23.6 Å². The Morgan fingerprint density at radius 2 is 1.58 bits per heavy atom. The number of carbonyl (C=O) groups is 2. The topological polar surface area (TPSA) is 66.4 Å². The number of rotatable bonds is 6. The van der Waals surface area contributed by atoms with Crippen molar-refractivity contribution >= 4 is 12.4 Å². The fraction of sp³-hybridized carbons (Fsp3) is 0.300. The summed E-state index contributed by atoms with van der Waals surface area (Å²) in [5.41, 5.74) is -3.79. The Kier molecular flexibility index (Phi) is 6.67. The summed E-state index contributed by atoms with van der Waals surface area (Å²) in [4.78, 5) is 21.8. The number of alkyl halides is 6. The van der Waals surface area contributed by atoms with Gasteiger partial charge < -0.3 is 10.4 Å². The van der Waals surface area contributed by atoms with Crippen molar-refractivity contribution in [3.05, 3.63) is 57.9 Å². The molecule has 0 heterocycles. The van der Waals surface area contributed by atoms with Crippen LogP contribution < -0.4 is 5.32 Å². The fourth-order valence-corrected chi connectivity index (χ4v) is 3.35. The summed E-state index contributed by atoms with van der Waals surface area (Å²) in [5.74, 6) is -3.29. The average molecular weight is 451 g/mol. The van der Waals surface area contributed by atoms with E-state index >= 15 is 0 Å². The van der Waals surface area contributed by atoms with Crippen molar-refractivity contribution in [2.45, 2.75) is 38.7 Å². The molecule has 2 N–H and O–H groups in total. The van der Waals surface area contributed by atoms with E-state index in [1.807, 2.05) is 5.32 Å². The van der Waals surface area contributed by atoms with Gasteiger partial charge in [-0.15, -0.1) is 0 Å². The smallest absolute Gasteiger partial charge is 0.419 e. The Hall–Kier alpha value is -3.11. The lowest BCUT2D eigenvalue weighted by Gasteiger charge is -2.21. The molecule has 4 nitrogen and oxygen atoms in total. The predicted molar refractivity (Wildman–Crippen MR) is 95.5 cm³/mol. The Labute approximate surface area is 171 Å². The van der Waals surface area contributed by atoms with E-state index < -0.39 is 53.3 Å². The first-order valence-corrected chi connectivity index (χ1v) is 8.67. The van der Waals surface area contributed by atoms with E-state index in [1.54, 1.807) is 0 Å². The van der Waals surface area contributed by atoms with Crippen molar-refractivity contribution in [3.63, 3.8) is 0 Å². The average Bonchev–Trinajstić information content (AvgIpc) is 2.59. The van der Waals surface area contributed by atoms with E-state index in [2.05, 4.69) is 0 Å². The summed E-state index contributed by atoms with van der Waals surface area (Å²) in [6, 6.07) is 1.21. The Balaban J connectivity index is 2.83. The first kappa shape index (κ1) is 24.2. The quantitative estimate of drug-likeness (QED) is 0.456. The molecule has 0 spiro atoms. The van der Waals surface area contributed by atoms with Crippen LogP contribution in [-0.4, -0.2) is 17.5 Å². The van der Waals surface area contributed by atoms with Gasteiger partial charge in [0, 0.05) is 5.56 Å². The number of aliphatic carboxylic acids is 1. The largest absolute Gasteiger partial charge is 0.481 e. The van der Waals surface area contributed by atoms with Gasteiger partial charge in [-0.05, 0) is 60.4 Å². The summed E-state index contributed by atoms with van der Waals surface area (Å²) >= 11 is 0. The van der Waals surface area contributed by atoms with Gasteiger partial charge in [0.15, 0.2) is 0 Å². The number of carbonyl (C=O) groups excluding carboxylic acids is 1. The van der Waals surface area contributed by atoms with E-state index in [1.165, 1.54) is 13.8 Å². The molecule has 2 aromatic rings. The first-order valence-electron chi connectivity index (χ1n) is 8.67. The van der Waals surface area contributed by atoms with E-state index in [0.29, 0.717) is 6.07 Å². The standard InChI is InChI=1S/C20H16F7NO3/c1-9-3-12(19(22,23)24)4-10(2)17(9)11-5-13(15(28-8-29)7-16(30)31)18(21)14(6-11)20(25,26)27/h3-6,8,15H,7H2,1-2H3,(H,28,29)(H,30,31). The van der Waals surface area contributed by atoms with Gasteiger partial charge in [-0.25, -0.2) is 4.39 Å². The molecule has 0 fully saturated rings. The molecule has 1 amide bonds. The van der Waals surface area contributed by atoms with Crippen molar-refractivity contribution < 1.29 is 45.4 Å². The summed E-state index contributed by atoms with van der Waals surface area (Å²) in [6.45, 7) is 2.51. The van der Waals surface area contributed by atoms with Crippen LogP contribution in [0.3, 0.4) is 0 Å². The summed E-state index contributed by atoms with van der Waals surface area (Å²) in [6.07, 6.45) is -10.8. The number of hydrogen-bond donors (Lipinski definition) is 2. The van der Waals surface area contributed by atoms with Crippen molar-refractivity contribution in [2.24, 2.45) is 0 Å². The number of carboxylic acids is 1. The number of halogens is 7. The monoisotopic (exact) mass is 451 g/mol. The molecule has 2 rings (SSSR count). The minimum atomic E-state index is -5.18. The van der Waals surface area contributed by atoms with Gasteiger partial charge >= 0.3 is 18.3 Å². The van der Waals surface area contributed by atoms with Gasteiger partial charge in [-0.1, -0.05) is 0 Å². The number of amides is 1. The fourth-order valence-electron chi connectivity index (χ4n) is 3.35. The zero-order chi connectivity index (χ0) is 23.7. The molecule has 11 heteroatoms. The molecular weight excluding hydrogens is 435 g/mol. The molecule has 1 atom stereocenters. The van der Waals surface area contributed by atoms with E-state index in [0.717, 1.165) is 18.2 Å². The van der Waals surface area contributed by atoms with Crippen LogP contribution >= 0.6 is 0 Å². The summed E-state index contributed by atoms with van der Waals surface area (Å²) in [7, 11) is 0. The highest BCUT2D eigenvalue weighted by Gasteiger charge is 2.38. The Morgan fingerprint density at radius 3 is 2.00 bits per heavy atom. The molecular formula is C20H16F7NO3. The zero-order valence-corrected chi connectivity index (χ0v) is 16.1. The van der Waals surface area contributed by atoms with Crippen molar-refractivity contribution in [1.82, 2.24) is 5.32 Å². The Bertz CT molecular complexity index is 990. The molecule has 1 unspecified atom stereocenters. The Morgan fingerprint density at radius 1 is 1.03 bits per heavy atom. The molecule has 0 aromatic heterocycles. The normalized spacial score (nSPS) is 13.1. The summed E-state index contributed by atoms with van der Waals surface area (Å²) in [5, 5.41) is 10.9. The molecule has 0 aliphatic heterocycles. The predicted octanol–water partition coefficient (Wildman–Crippen LogP) is 5.41. The molecule has 0 saturated heterocycles. The van der Waals surface area contributed by atoms with Gasteiger partial charge in [-0.2, -0.15) is 26.3 Å². The van der Waals surface area contributed by atoms with E-state index in [9.17, 15) is 40.3 Å². The third-order valence-corrected chi connectivity index (χ3v) is 4.58. The van der Waals surface area contributed by atoms with Crippen molar-refractivity contribution in [3.8, 4) is 11.1 Å². The van der Waals surface area contributed by atoms with Crippen LogP contribution in [0.2, 0.25) is 0 Å². The number of hydrogen-bond acceptors (Lipinski definition) is 2. The molecule has 168 valence electrons. The van der Waals surface area contributed by atoms with Crippen LogP contribution in [-0.2, 0) is 21.9 Å². The molecule has 31 heavy (non-hydrogen) atoms. The van der Waals surface area contributed by atoms with Crippen molar-refractivity contribution in [2.75, 3.05) is 0 Å². The van der Waals surface area contributed by atoms with Crippen LogP contribution in [0.5, 0.6) is 0 Å². The van der Waals surface area contributed by atoms with Crippen LogP contribution in [0, 0.1) is 19.7 Å². The van der Waals surface area contributed by atoms with E-state index in [-0.39, 0.29) is 28.7 Å². The third-order valence-electron chi connectivity index (χ3n) is 4.58. The lowest BCUT2D eigenvalue weighted by Crippen LogP contribution is -2.25. The van der Waals surface area contributed by atoms with Gasteiger partial charge in [-0.3, -0.25) is 9.59 Å². The maximum atomic E-state index is 14.7. The number of benzene rings is 2. The van der Waals surface area contributed by atoms with Crippen LogP contribution in [0.15, 0.2) is 24.3 Å².